The average molecular weight is 296 g/mol. The van der Waals surface area contributed by atoms with Gasteiger partial charge in [0.1, 0.15) is 11.4 Å². The molecule has 1 aromatic carbocycles. The summed E-state index contributed by atoms with van der Waals surface area (Å²) in [6.45, 7) is 4.07. The van der Waals surface area contributed by atoms with Crippen LogP contribution in [0.2, 0.25) is 0 Å². The van der Waals surface area contributed by atoms with E-state index in [4.69, 9.17) is 4.74 Å². The lowest BCUT2D eigenvalue weighted by Gasteiger charge is -2.17. The van der Waals surface area contributed by atoms with Crippen LogP contribution in [0.4, 0.5) is 0 Å². The number of hydrogen-bond acceptors (Lipinski definition) is 4. The van der Waals surface area contributed by atoms with Crippen molar-refractivity contribution in [3.63, 3.8) is 0 Å². The van der Waals surface area contributed by atoms with Crippen LogP contribution in [0.3, 0.4) is 0 Å². The molecule has 2 aliphatic rings. The summed E-state index contributed by atoms with van der Waals surface area (Å²) in [5, 5.41) is 10.4. The fourth-order valence-corrected chi connectivity index (χ4v) is 4.99. The highest BCUT2D eigenvalue weighted by Crippen LogP contribution is 2.38. The zero-order chi connectivity index (χ0) is 14.5. The standard InChI is InChI=1S/C15H20O4S/c1-15(2)8-12-7-10(3-4-13(12)19-15)14(16)11-5-6-20(17,18)9-11/h3-4,7,11,14,16H,5-6,8-9H2,1-2H3. The highest BCUT2D eigenvalue weighted by atomic mass is 32.2. The number of hydrogen-bond donors (Lipinski definition) is 1. The molecule has 1 aromatic rings. The number of aliphatic hydroxyl groups excluding tert-OH is 1. The van der Waals surface area contributed by atoms with E-state index in [1.165, 1.54) is 0 Å². The molecule has 0 saturated carbocycles. The van der Waals surface area contributed by atoms with E-state index in [0.29, 0.717) is 6.42 Å². The van der Waals surface area contributed by atoms with Gasteiger partial charge in [0.05, 0.1) is 17.6 Å². The molecule has 110 valence electrons. The van der Waals surface area contributed by atoms with Crippen LogP contribution in [0.1, 0.15) is 37.5 Å². The quantitative estimate of drug-likeness (QED) is 0.905. The molecule has 0 amide bonds. The van der Waals surface area contributed by atoms with E-state index in [1.807, 2.05) is 32.0 Å². The molecule has 0 aliphatic carbocycles. The first-order chi connectivity index (χ1) is 9.26. The molecule has 1 N–H and O–H groups in total. The van der Waals surface area contributed by atoms with Crippen molar-refractivity contribution in [2.45, 2.75) is 38.4 Å². The predicted molar refractivity (Wildman–Crippen MR) is 76.6 cm³/mol. The topological polar surface area (TPSA) is 63.6 Å². The number of ether oxygens (including phenoxy) is 1. The summed E-state index contributed by atoms with van der Waals surface area (Å²) in [5.41, 5.74) is 1.68. The largest absolute Gasteiger partial charge is 0.487 e. The summed E-state index contributed by atoms with van der Waals surface area (Å²) >= 11 is 0. The minimum atomic E-state index is -2.96. The van der Waals surface area contributed by atoms with Crippen LogP contribution in [-0.4, -0.2) is 30.6 Å². The first kappa shape index (κ1) is 13.9. The Balaban J connectivity index is 1.83. The van der Waals surface area contributed by atoms with Gasteiger partial charge in [-0.05, 0) is 43.5 Å². The second kappa shape index (κ2) is 4.46. The van der Waals surface area contributed by atoms with Crippen molar-refractivity contribution < 1.29 is 18.3 Å². The summed E-state index contributed by atoms with van der Waals surface area (Å²) in [5.74, 6) is 0.960. The van der Waals surface area contributed by atoms with Gasteiger partial charge in [-0.2, -0.15) is 0 Å². The van der Waals surface area contributed by atoms with Crippen molar-refractivity contribution in [1.29, 1.82) is 0 Å². The Morgan fingerprint density at radius 2 is 2.15 bits per heavy atom. The van der Waals surface area contributed by atoms with E-state index in [2.05, 4.69) is 0 Å². The zero-order valence-electron chi connectivity index (χ0n) is 11.8. The predicted octanol–water partition coefficient (Wildman–Crippen LogP) is 1.87. The maximum atomic E-state index is 11.5. The molecule has 5 heteroatoms. The van der Waals surface area contributed by atoms with Gasteiger partial charge in [-0.1, -0.05) is 6.07 Å². The van der Waals surface area contributed by atoms with Crippen molar-refractivity contribution in [2.75, 3.05) is 11.5 Å². The molecular weight excluding hydrogens is 276 g/mol. The number of rotatable bonds is 2. The van der Waals surface area contributed by atoms with Crippen LogP contribution in [-0.2, 0) is 16.3 Å². The van der Waals surface area contributed by atoms with Gasteiger partial charge in [-0.15, -0.1) is 0 Å². The monoisotopic (exact) mass is 296 g/mol. The van der Waals surface area contributed by atoms with Crippen LogP contribution in [0.15, 0.2) is 18.2 Å². The minimum absolute atomic E-state index is 0.0905. The van der Waals surface area contributed by atoms with Gasteiger partial charge in [0.15, 0.2) is 9.84 Å². The number of benzene rings is 1. The second-order valence-electron chi connectivity index (χ2n) is 6.51. The second-order valence-corrected chi connectivity index (χ2v) is 8.74. The molecule has 0 aromatic heterocycles. The Morgan fingerprint density at radius 3 is 2.80 bits per heavy atom. The molecule has 1 fully saturated rings. The van der Waals surface area contributed by atoms with Crippen molar-refractivity contribution in [3.8, 4) is 5.75 Å². The normalized spacial score (nSPS) is 27.9. The highest BCUT2D eigenvalue weighted by molar-refractivity contribution is 7.91. The smallest absolute Gasteiger partial charge is 0.150 e. The summed E-state index contributed by atoms with van der Waals surface area (Å²) in [4.78, 5) is 0. The van der Waals surface area contributed by atoms with E-state index in [0.717, 1.165) is 23.3 Å². The fourth-order valence-electron chi connectivity index (χ4n) is 3.16. The number of aliphatic hydroxyl groups is 1. The molecule has 20 heavy (non-hydrogen) atoms. The first-order valence-electron chi connectivity index (χ1n) is 6.96. The summed E-state index contributed by atoms with van der Waals surface area (Å²) in [7, 11) is -2.96. The summed E-state index contributed by atoms with van der Waals surface area (Å²) in [6.07, 6.45) is 0.648. The summed E-state index contributed by atoms with van der Waals surface area (Å²) < 4.78 is 28.8. The molecule has 2 aliphatic heterocycles. The Kier molecular flexibility index (Phi) is 3.10. The molecule has 2 atom stereocenters. The van der Waals surface area contributed by atoms with Gasteiger partial charge < -0.3 is 9.84 Å². The number of fused-ring (bicyclic) bond motifs is 1. The Morgan fingerprint density at radius 1 is 1.40 bits per heavy atom. The lowest BCUT2D eigenvalue weighted by molar-refractivity contribution is 0.121. The maximum absolute atomic E-state index is 11.5. The van der Waals surface area contributed by atoms with Crippen molar-refractivity contribution in [3.05, 3.63) is 29.3 Å². The molecular formula is C15H20O4S. The molecule has 0 spiro atoms. The summed E-state index contributed by atoms with van der Waals surface area (Å²) in [6, 6.07) is 5.68. The van der Waals surface area contributed by atoms with E-state index in [9.17, 15) is 13.5 Å². The van der Waals surface area contributed by atoms with Crippen LogP contribution in [0.5, 0.6) is 5.75 Å². The van der Waals surface area contributed by atoms with E-state index in [-0.39, 0.29) is 23.0 Å². The van der Waals surface area contributed by atoms with E-state index >= 15 is 0 Å². The van der Waals surface area contributed by atoms with Gasteiger partial charge >= 0.3 is 0 Å². The fraction of sp³-hybridized carbons (Fsp3) is 0.600. The highest BCUT2D eigenvalue weighted by Gasteiger charge is 2.35. The molecule has 2 heterocycles. The van der Waals surface area contributed by atoms with Crippen molar-refractivity contribution >= 4 is 9.84 Å². The molecule has 0 bridgehead atoms. The van der Waals surface area contributed by atoms with Crippen LogP contribution in [0.25, 0.3) is 0 Å². The van der Waals surface area contributed by atoms with Crippen LogP contribution in [0, 0.1) is 5.92 Å². The Bertz CT molecular complexity index is 633. The van der Waals surface area contributed by atoms with Gasteiger partial charge in [0.2, 0.25) is 0 Å². The van der Waals surface area contributed by atoms with Gasteiger partial charge in [-0.25, -0.2) is 8.42 Å². The average Bonchev–Trinajstić information content (AvgIpc) is 2.84. The first-order valence-corrected chi connectivity index (χ1v) is 8.78. The lowest BCUT2D eigenvalue weighted by Crippen LogP contribution is -2.24. The molecule has 0 radical (unpaired) electrons. The third kappa shape index (κ3) is 2.56. The van der Waals surface area contributed by atoms with Crippen LogP contribution >= 0.6 is 0 Å². The van der Waals surface area contributed by atoms with Gasteiger partial charge in [0, 0.05) is 12.3 Å². The molecule has 3 rings (SSSR count). The van der Waals surface area contributed by atoms with Gasteiger partial charge in [-0.3, -0.25) is 0 Å². The van der Waals surface area contributed by atoms with Crippen molar-refractivity contribution in [1.82, 2.24) is 0 Å². The zero-order valence-corrected chi connectivity index (χ0v) is 12.6. The van der Waals surface area contributed by atoms with E-state index in [1.54, 1.807) is 0 Å². The SMILES string of the molecule is CC1(C)Cc2cc(C(O)C3CCS(=O)(=O)C3)ccc2O1. The third-order valence-corrected chi connectivity index (χ3v) is 5.94. The number of sulfone groups is 1. The maximum Gasteiger partial charge on any atom is 0.150 e. The lowest BCUT2D eigenvalue weighted by atomic mass is 9.92. The minimum Gasteiger partial charge on any atom is -0.487 e. The molecule has 1 saturated heterocycles. The van der Waals surface area contributed by atoms with E-state index < -0.39 is 15.9 Å². The van der Waals surface area contributed by atoms with Gasteiger partial charge in [0.25, 0.3) is 0 Å². The van der Waals surface area contributed by atoms with Crippen LogP contribution < -0.4 is 4.74 Å². The molecule has 2 unspecified atom stereocenters. The Labute approximate surface area is 119 Å². The Hall–Kier alpha value is -1.07. The third-order valence-electron chi connectivity index (χ3n) is 4.14. The van der Waals surface area contributed by atoms with Crippen molar-refractivity contribution in [2.24, 2.45) is 5.92 Å². The molecule has 4 nitrogen and oxygen atoms in total.